The van der Waals surface area contributed by atoms with Crippen molar-refractivity contribution in [3.8, 4) is 5.69 Å². The van der Waals surface area contributed by atoms with Crippen molar-refractivity contribution in [1.82, 2.24) is 20.2 Å². The van der Waals surface area contributed by atoms with Crippen LogP contribution in [0.15, 0.2) is 71.2 Å². The summed E-state index contributed by atoms with van der Waals surface area (Å²) in [5, 5.41) is 16.5. The lowest BCUT2D eigenvalue weighted by Gasteiger charge is -2.22. The van der Waals surface area contributed by atoms with Crippen molar-refractivity contribution >= 4 is 27.3 Å². The van der Waals surface area contributed by atoms with Crippen molar-refractivity contribution in [2.75, 3.05) is 24.3 Å². The fourth-order valence-corrected chi connectivity index (χ4v) is 3.91. The largest absolute Gasteiger partial charge is 0.378 e. The third kappa shape index (κ3) is 4.46. The van der Waals surface area contributed by atoms with E-state index in [1.54, 1.807) is 0 Å². The Morgan fingerprint density at radius 1 is 0.903 bits per heavy atom. The van der Waals surface area contributed by atoms with Crippen molar-refractivity contribution in [2.24, 2.45) is 0 Å². The van der Waals surface area contributed by atoms with Crippen LogP contribution in [0.2, 0.25) is 0 Å². The Morgan fingerprint density at radius 2 is 1.55 bits per heavy atom. The fourth-order valence-electron chi connectivity index (χ4n) is 3.65. The molecular weight excluding hydrogens is 452 g/mol. The van der Waals surface area contributed by atoms with Gasteiger partial charge in [0, 0.05) is 29.9 Å². The second-order valence-electron chi connectivity index (χ2n) is 7.76. The van der Waals surface area contributed by atoms with E-state index >= 15 is 0 Å². The molecule has 1 unspecified atom stereocenters. The van der Waals surface area contributed by atoms with Gasteiger partial charge in [0.1, 0.15) is 6.04 Å². The first-order chi connectivity index (χ1) is 14.9. The number of tetrazole rings is 1. The van der Waals surface area contributed by atoms with Gasteiger partial charge >= 0.3 is 0 Å². The molecule has 0 bridgehead atoms. The van der Waals surface area contributed by atoms with Crippen LogP contribution >= 0.6 is 15.9 Å². The molecular formula is C24H25BrN6. The zero-order valence-electron chi connectivity index (χ0n) is 18.0. The van der Waals surface area contributed by atoms with Gasteiger partial charge in [0.25, 0.3) is 0 Å². The van der Waals surface area contributed by atoms with E-state index in [1.165, 1.54) is 0 Å². The number of benzene rings is 3. The topological polar surface area (TPSA) is 58.9 Å². The Morgan fingerprint density at radius 3 is 2.16 bits per heavy atom. The van der Waals surface area contributed by atoms with Gasteiger partial charge in [-0.1, -0.05) is 46.3 Å². The van der Waals surface area contributed by atoms with Gasteiger partial charge in [-0.3, -0.25) is 0 Å². The molecule has 1 aromatic heterocycles. The smallest absolute Gasteiger partial charge is 0.183 e. The van der Waals surface area contributed by atoms with Crippen LogP contribution in [0.3, 0.4) is 0 Å². The van der Waals surface area contributed by atoms with Crippen LogP contribution in [0, 0.1) is 13.8 Å². The fraction of sp³-hybridized carbons (Fsp3) is 0.208. The lowest BCUT2D eigenvalue weighted by Crippen LogP contribution is -2.19. The molecule has 0 aliphatic rings. The lowest BCUT2D eigenvalue weighted by molar-refractivity contribution is 0.731. The van der Waals surface area contributed by atoms with Crippen LogP contribution in [0.1, 0.15) is 28.6 Å². The summed E-state index contributed by atoms with van der Waals surface area (Å²) in [4.78, 5) is 2.09. The molecule has 0 saturated heterocycles. The number of halogens is 1. The number of nitrogens with zero attached hydrogens (tertiary/aromatic N) is 5. The normalized spacial score (nSPS) is 11.9. The minimum Gasteiger partial charge on any atom is -0.378 e. The minimum absolute atomic E-state index is 0.230. The van der Waals surface area contributed by atoms with Crippen LogP contribution in [0.4, 0.5) is 11.4 Å². The third-order valence-corrected chi connectivity index (χ3v) is 5.83. The van der Waals surface area contributed by atoms with Gasteiger partial charge in [0.2, 0.25) is 0 Å². The predicted molar refractivity (Wildman–Crippen MR) is 129 cm³/mol. The highest BCUT2D eigenvalue weighted by Gasteiger charge is 2.24. The highest BCUT2D eigenvalue weighted by molar-refractivity contribution is 9.10. The Kier molecular flexibility index (Phi) is 6.04. The molecule has 0 aliphatic carbocycles. The van der Waals surface area contributed by atoms with Gasteiger partial charge in [0.05, 0.1) is 5.69 Å². The maximum absolute atomic E-state index is 4.44. The van der Waals surface area contributed by atoms with Gasteiger partial charge < -0.3 is 10.2 Å². The molecule has 1 heterocycles. The van der Waals surface area contributed by atoms with Crippen molar-refractivity contribution < 1.29 is 0 Å². The van der Waals surface area contributed by atoms with Crippen LogP contribution in [0.5, 0.6) is 0 Å². The lowest BCUT2D eigenvalue weighted by atomic mass is 10.0. The van der Waals surface area contributed by atoms with Gasteiger partial charge in [-0.15, -0.1) is 5.10 Å². The highest BCUT2D eigenvalue weighted by Crippen LogP contribution is 2.30. The molecule has 7 heteroatoms. The molecule has 0 fully saturated rings. The first-order valence-electron chi connectivity index (χ1n) is 10.1. The summed E-state index contributed by atoms with van der Waals surface area (Å²) in [5.74, 6) is 0.734. The van der Waals surface area contributed by atoms with E-state index in [4.69, 9.17) is 0 Å². The Bertz CT molecular complexity index is 1150. The number of para-hydroxylation sites is 1. The van der Waals surface area contributed by atoms with Gasteiger partial charge in [0.15, 0.2) is 5.82 Å². The molecule has 1 N–H and O–H groups in total. The predicted octanol–water partition coefficient (Wildman–Crippen LogP) is 5.31. The molecule has 4 rings (SSSR count). The van der Waals surface area contributed by atoms with E-state index in [0.717, 1.165) is 44.0 Å². The zero-order valence-corrected chi connectivity index (χ0v) is 19.6. The van der Waals surface area contributed by atoms with E-state index < -0.39 is 0 Å². The first kappa shape index (κ1) is 21.1. The van der Waals surface area contributed by atoms with Crippen LogP contribution in [0.25, 0.3) is 5.69 Å². The Hall–Kier alpha value is -3.19. The summed E-state index contributed by atoms with van der Waals surface area (Å²) >= 11 is 3.51. The average Bonchev–Trinajstić information content (AvgIpc) is 3.22. The van der Waals surface area contributed by atoms with E-state index in [0.29, 0.717) is 0 Å². The number of hydrogen-bond donors (Lipinski definition) is 1. The molecule has 0 aliphatic heterocycles. The summed E-state index contributed by atoms with van der Waals surface area (Å²) in [5.41, 5.74) is 6.46. The highest BCUT2D eigenvalue weighted by atomic mass is 79.9. The van der Waals surface area contributed by atoms with Gasteiger partial charge in [-0.2, -0.15) is 4.68 Å². The van der Waals surface area contributed by atoms with Crippen molar-refractivity contribution in [1.29, 1.82) is 0 Å². The minimum atomic E-state index is -0.230. The second kappa shape index (κ2) is 8.89. The van der Waals surface area contributed by atoms with Crippen molar-refractivity contribution in [2.45, 2.75) is 19.9 Å². The number of aromatic nitrogens is 4. The third-order valence-electron chi connectivity index (χ3n) is 5.30. The van der Waals surface area contributed by atoms with Crippen molar-refractivity contribution in [3.63, 3.8) is 0 Å². The molecule has 0 saturated carbocycles. The zero-order chi connectivity index (χ0) is 22.0. The molecule has 6 nitrogen and oxygen atoms in total. The molecule has 31 heavy (non-hydrogen) atoms. The summed E-state index contributed by atoms with van der Waals surface area (Å²) in [6.07, 6.45) is 0. The number of rotatable bonds is 6. The molecule has 0 radical (unpaired) electrons. The summed E-state index contributed by atoms with van der Waals surface area (Å²) < 4.78 is 2.88. The van der Waals surface area contributed by atoms with Crippen LogP contribution in [-0.4, -0.2) is 34.3 Å². The first-order valence-corrected chi connectivity index (χ1v) is 10.9. The molecule has 158 valence electrons. The Labute approximate surface area is 191 Å². The maximum atomic E-state index is 4.44. The molecule has 3 aromatic carbocycles. The average molecular weight is 477 g/mol. The van der Waals surface area contributed by atoms with Gasteiger partial charge in [-0.05, 0) is 77.4 Å². The molecule has 0 spiro atoms. The SMILES string of the molecule is Cc1cccc(C)c1-n1nnnc1C(Nc1ccc(Br)cc1)c1ccc(N(C)C)cc1. The van der Waals surface area contributed by atoms with Crippen molar-refractivity contribution in [3.05, 3.63) is 93.7 Å². The standard InChI is InChI=1S/C24H25BrN6/c1-16-6-5-7-17(2)23(16)31-24(27-28-29-31)22(26-20-12-10-19(25)11-13-20)18-8-14-21(15-9-18)30(3)4/h5-15,22,26H,1-4H3. The quantitative estimate of drug-likeness (QED) is 0.408. The van der Waals surface area contributed by atoms with E-state index in [9.17, 15) is 0 Å². The second-order valence-corrected chi connectivity index (χ2v) is 8.68. The number of hydrogen-bond acceptors (Lipinski definition) is 5. The number of anilines is 2. The number of nitrogens with one attached hydrogen (secondary N) is 1. The summed E-state index contributed by atoms with van der Waals surface area (Å²) in [6, 6.07) is 22.6. The maximum Gasteiger partial charge on any atom is 0.183 e. The Balaban J connectivity index is 1.82. The van der Waals surface area contributed by atoms with Gasteiger partial charge in [-0.25, -0.2) is 0 Å². The van der Waals surface area contributed by atoms with Crippen LogP contribution in [-0.2, 0) is 0 Å². The molecule has 1 atom stereocenters. The summed E-state index contributed by atoms with van der Waals surface area (Å²) in [7, 11) is 4.07. The van der Waals surface area contributed by atoms with E-state index in [-0.39, 0.29) is 6.04 Å². The van der Waals surface area contributed by atoms with Crippen LogP contribution < -0.4 is 10.2 Å². The molecule has 0 amide bonds. The number of aryl methyl sites for hydroxylation is 2. The molecule has 4 aromatic rings. The monoisotopic (exact) mass is 476 g/mol. The summed E-state index contributed by atoms with van der Waals surface area (Å²) in [6.45, 7) is 4.16. The van der Waals surface area contributed by atoms with E-state index in [2.05, 4.69) is 98.0 Å². The van der Waals surface area contributed by atoms with E-state index in [1.807, 2.05) is 43.0 Å².